The van der Waals surface area contributed by atoms with Gasteiger partial charge >= 0.3 is 5.97 Å². The predicted molar refractivity (Wildman–Crippen MR) is 142 cm³/mol. The molecule has 0 aliphatic heterocycles. The van der Waals surface area contributed by atoms with E-state index in [2.05, 4.69) is 4.90 Å². The topological polar surface area (TPSA) is 103 Å². The van der Waals surface area contributed by atoms with E-state index in [0.717, 1.165) is 6.54 Å². The Hall–Kier alpha value is -1.67. The van der Waals surface area contributed by atoms with Crippen molar-refractivity contribution in [3.05, 3.63) is 35.9 Å². The molecule has 0 aromatic heterocycles. The summed E-state index contributed by atoms with van der Waals surface area (Å²) in [7, 11) is 4.03. The fraction of sp³-hybridized carbons (Fsp3) is 0.741. The van der Waals surface area contributed by atoms with Gasteiger partial charge in [0.05, 0.1) is 111 Å². The van der Waals surface area contributed by atoms with Crippen molar-refractivity contribution < 1.29 is 47.4 Å². The highest BCUT2D eigenvalue weighted by Crippen LogP contribution is 2.00. The zero-order valence-electron chi connectivity index (χ0n) is 23.1. The Morgan fingerprint density at radius 3 is 1.16 bits per heavy atom. The highest BCUT2D eigenvalue weighted by molar-refractivity contribution is 5.89. The third-order valence-corrected chi connectivity index (χ3v) is 4.76. The van der Waals surface area contributed by atoms with Crippen LogP contribution in [0.1, 0.15) is 10.4 Å². The number of rotatable bonds is 28. The Labute approximate surface area is 227 Å². The molecule has 11 heteroatoms. The van der Waals surface area contributed by atoms with Gasteiger partial charge in [0.2, 0.25) is 0 Å². The second-order valence-electron chi connectivity index (χ2n) is 8.20. The van der Waals surface area contributed by atoms with Crippen molar-refractivity contribution in [2.24, 2.45) is 0 Å². The monoisotopic (exact) mass is 545 g/mol. The zero-order valence-corrected chi connectivity index (χ0v) is 23.1. The van der Waals surface area contributed by atoms with Gasteiger partial charge in [-0.25, -0.2) is 4.79 Å². The molecule has 1 aromatic carbocycles. The zero-order chi connectivity index (χ0) is 27.4. The lowest BCUT2D eigenvalue weighted by Gasteiger charge is -2.10. The van der Waals surface area contributed by atoms with Crippen molar-refractivity contribution >= 4 is 5.97 Å². The van der Waals surface area contributed by atoms with E-state index in [9.17, 15) is 4.79 Å². The minimum absolute atomic E-state index is 0.208. The fourth-order valence-electron chi connectivity index (χ4n) is 2.74. The van der Waals surface area contributed by atoms with Gasteiger partial charge in [-0.05, 0) is 26.2 Å². The van der Waals surface area contributed by atoms with Crippen molar-refractivity contribution in [1.29, 1.82) is 0 Å². The third kappa shape index (κ3) is 23.4. The molecule has 0 spiro atoms. The lowest BCUT2D eigenvalue weighted by molar-refractivity contribution is -0.0245. The summed E-state index contributed by atoms with van der Waals surface area (Å²) in [5.74, 6) is -0.352. The predicted octanol–water partition coefficient (Wildman–Crippen LogP) is 1.54. The van der Waals surface area contributed by atoms with Crippen molar-refractivity contribution in [1.82, 2.24) is 4.90 Å². The van der Waals surface area contributed by atoms with Crippen molar-refractivity contribution in [2.75, 3.05) is 133 Å². The van der Waals surface area contributed by atoms with Crippen LogP contribution >= 0.6 is 0 Å². The molecule has 0 aliphatic rings. The summed E-state index contributed by atoms with van der Waals surface area (Å²) in [5.41, 5.74) is 0.529. The quantitative estimate of drug-likeness (QED) is 0.113. The van der Waals surface area contributed by atoms with Crippen molar-refractivity contribution in [2.45, 2.75) is 0 Å². The van der Waals surface area contributed by atoms with Crippen LogP contribution in [0.25, 0.3) is 0 Å². The summed E-state index contributed by atoms with van der Waals surface area (Å²) in [6.45, 7) is 9.34. The minimum Gasteiger partial charge on any atom is -0.460 e. The molecule has 0 saturated carbocycles. The molecule has 38 heavy (non-hydrogen) atoms. The molecule has 0 atom stereocenters. The van der Waals surface area contributed by atoms with E-state index < -0.39 is 0 Å². The van der Waals surface area contributed by atoms with Crippen LogP contribution in [0.3, 0.4) is 0 Å². The summed E-state index contributed by atoms with van der Waals surface area (Å²) >= 11 is 0. The van der Waals surface area contributed by atoms with E-state index in [1.807, 2.05) is 20.2 Å². The molecule has 1 rings (SSSR count). The summed E-state index contributed by atoms with van der Waals surface area (Å²) in [4.78, 5) is 13.8. The van der Waals surface area contributed by atoms with E-state index in [0.29, 0.717) is 111 Å². The largest absolute Gasteiger partial charge is 0.460 e. The van der Waals surface area contributed by atoms with E-state index >= 15 is 0 Å². The Morgan fingerprint density at radius 2 is 0.816 bits per heavy atom. The molecule has 0 N–H and O–H groups in total. The number of carbonyl (C=O) groups excluding carboxylic acids is 1. The number of likely N-dealkylation sites (N-methyl/N-ethyl adjacent to an activating group) is 1. The van der Waals surface area contributed by atoms with Crippen LogP contribution in [0.2, 0.25) is 0 Å². The second-order valence-corrected chi connectivity index (χ2v) is 8.20. The molecule has 0 bridgehead atoms. The number of nitrogens with zero attached hydrogens (tertiary/aromatic N) is 1. The Morgan fingerprint density at radius 1 is 0.500 bits per heavy atom. The van der Waals surface area contributed by atoms with E-state index in [1.54, 1.807) is 24.3 Å². The van der Waals surface area contributed by atoms with Crippen LogP contribution in [-0.2, 0) is 42.6 Å². The van der Waals surface area contributed by atoms with E-state index in [4.69, 9.17) is 42.6 Å². The molecule has 0 fully saturated rings. The molecular weight excluding hydrogens is 498 g/mol. The van der Waals surface area contributed by atoms with Gasteiger partial charge < -0.3 is 47.5 Å². The van der Waals surface area contributed by atoms with Gasteiger partial charge in [-0.1, -0.05) is 18.2 Å². The molecule has 0 radical (unpaired) electrons. The lowest BCUT2D eigenvalue weighted by atomic mass is 10.2. The first-order valence-electron chi connectivity index (χ1n) is 13.2. The molecular formula is C27H47NO10. The first-order valence-corrected chi connectivity index (χ1v) is 13.2. The maximum absolute atomic E-state index is 11.7. The number of hydrogen-bond donors (Lipinski definition) is 0. The second kappa shape index (κ2) is 26.9. The summed E-state index contributed by atoms with van der Waals surface area (Å²) in [6.07, 6.45) is 0. The molecule has 0 heterocycles. The molecule has 11 nitrogen and oxygen atoms in total. The third-order valence-electron chi connectivity index (χ3n) is 4.76. The highest BCUT2D eigenvalue weighted by Gasteiger charge is 2.05. The maximum Gasteiger partial charge on any atom is 0.338 e. The first-order chi connectivity index (χ1) is 18.7. The highest BCUT2D eigenvalue weighted by atomic mass is 16.6. The summed E-state index contributed by atoms with van der Waals surface area (Å²) in [6, 6.07) is 8.86. The van der Waals surface area contributed by atoms with Gasteiger partial charge in [-0.15, -0.1) is 0 Å². The van der Waals surface area contributed by atoms with Gasteiger partial charge in [0.15, 0.2) is 0 Å². The fourth-order valence-corrected chi connectivity index (χ4v) is 2.74. The first kappa shape index (κ1) is 34.4. The Kier molecular flexibility index (Phi) is 24.3. The molecule has 0 saturated heterocycles. The van der Waals surface area contributed by atoms with Crippen molar-refractivity contribution in [3.63, 3.8) is 0 Å². The smallest absolute Gasteiger partial charge is 0.338 e. The lowest BCUT2D eigenvalue weighted by Crippen LogP contribution is -2.19. The van der Waals surface area contributed by atoms with Crippen LogP contribution in [0.15, 0.2) is 30.3 Å². The van der Waals surface area contributed by atoms with Crippen LogP contribution < -0.4 is 0 Å². The Balaban J connectivity index is 1.66. The minimum atomic E-state index is -0.352. The van der Waals surface area contributed by atoms with Crippen molar-refractivity contribution in [3.8, 4) is 0 Å². The van der Waals surface area contributed by atoms with Crippen LogP contribution in [0, 0.1) is 0 Å². The van der Waals surface area contributed by atoms with Gasteiger partial charge in [-0.2, -0.15) is 0 Å². The summed E-state index contributed by atoms with van der Waals surface area (Å²) < 4.78 is 48.6. The molecule has 0 aliphatic carbocycles. The molecule has 0 unspecified atom stereocenters. The van der Waals surface area contributed by atoms with Gasteiger partial charge in [0.25, 0.3) is 0 Å². The van der Waals surface area contributed by atoms with E-state index in [1.165, 1.54) is 0 Å². The number of hydrogen-bond acceptors (Lipinski definition) is 11. The van der Waals surface area contributed by atoms with Crippen LogP contribution in [-0.4, -0.2) is 144 Å². The Bertz CT molecular complexity index is 636. The number of esters is 1. The molecule has 220 valence electrons. The van der Waals surface area contributed by atoms with Gasteiger partial charge in [-0.3, -0.25) is 0 Å². The molecule has 1 aromatic rings. The molecule has 0 amide bonds. The summed E-state index contributed by atoms with van der Waals surface area (Å²) in [5, 5.41) is 0. The SMILES string of the molecule is CN(C)CCOCCOCCOCCOCCOCCOCCOCCOCCOC(=O)c1ccccc1. The van der Waals surface area contributed by atoms with Crippen LogP contribution in [0.4, 0.5) is 0 Å². The van der Waals surface area contributed by atoms with Crippen LogP contribution in [0.5, 0.6) is 0 Å². The van der Waals surface area contributed by atoms with Gasteiger partial charge in [0, 0.05) is 6.54 Å². The number of carbonyl (C=O) groups is 1. The average molecular weight is 546 g/mol. The van der Waals surface area contributed by atoms with E-state index in [-0.39, 0.29) is 12.6 Å². The standard InChI is InChI=1S/C27H47NO10/c1-28(2)8-9-30-10-11-31-12-13-32-14-15-33-16-17-34-18-19-35-20-21-36-22-23-37-24-25-38-27(29)26-6-4-3-5-7-26/h3-7H,8-25H2,1-2H3. The average Bonchev–Trinajstić information content (AvgIpc) is 2.92. The maximum atomic E-state index is 11.7. The van der Waals surface area contributed by atoms with Gasteiger partial charge in [0.1, 0.15) is 6.61 Å². The normalized spacial score (nSPS) is 11.3. The number of ether oxygens (including phenoxy) is 9. The number of benzene rings is 1.